The predicted octanol–water partition coefficient (Wildman–Crippen LogP) is 7.28. The molecule has 0 atom stereocenters. The SMILES string of the molecule is CCN(CC)CCCNC(=O)c1cc(NC(=O)c2ccc(Nc3nc(Nc4ccccc4)nc(Nc4ccccc4)n3)cc2)cc(C(=O)NCCCN(CC)CC)c1. The molecule has 0 aliphatic carbocycles. The lowest BCUT2D eigenvalue weighted by atomic mass is 10.1. The van der Waals surface area contributed by atoms with Crippen molar-refractivity contribution in [3.63, 3.8) is 0 Å². The highest BCUT2D eigenvalue weighted by atomic mass is 16.2. The Kier molecular flexibility index (Phi) is 16.5. The molecule has 0 saturated heterocycles. The van der Waals surface area contributed by atoms with E-state index in [2.05, 4.69) is 84.3 Å². The number of anilines is 7. The van der Waals surface area contributed by atoms with Crippen molar-refractivity contribution in [1.29, 1.82) is 0 Å². The van der Waals surface area contributed by atoms with Gasteiger partial charge >= 0.3 is 0 Å². The molecule has 0 unspecified atom stereocenters. The van der Waals surface area contributed by atoms with E-state index in [0.29, 0.717) is 41.9 Å². The van der Waals surface area contributed by atoms with Crippen LogP contribution in [0, 0.1) is 0 Å². The lowest BCUT2D eigenvalue weighted by Gasteiger charge is -2.18. The Bertz CT molecular complexity index is 1950. The lowest BCUT2D eigenvalue weighted by molar-refractivity contribution is 0.0949. The van der Waals surface area contributed by atoms with Crippen molar-refractivity contribution in [3.05, 3.63) is 120 Å². The molecule has 14 heteroatoms. The van der Waals surface area contributed by atoms with Gasteiger partial charge in [-0.15, -0.1) is 0 Å². The van der Waals surface area contributed by atoms with Gasteiger partial charge in [0.25, 0.3) is 17.7 Å². The van der Waals surface area contributed by atoms with Crippen LogP contribution in [0.2, 0.25) is 0 Å². The minimum Gasteiger partial charge on any atom is -0.352 e. The molecule has 5 rings (SSSR count). The predicted molar refractivity (Wildman–Crippen MR) is 233 cm³/mol. The second kappa shape index (κ2) is 22.4. The van der Waals surface area contributed by atoms with Crippen molar-refractivity contribution in [3.8, 4) is 0 Å². The Hall–Kier alpha value is -6.38. The Morgan fingerprint density at radius 2 is 0.862 bits per heavy atom. The molecule has 0 radical (unpaired) electrons. The zero-order chi connectivity index (χ0) is 41.1. The van der Waals surface area contributed by atoms with Crippen LogP contribution in [-0.4, -0.2) is 94.8 Å². The van der Waals surface area contributed by atoms with E-state index in [4.69, 9.17) is 0 Å². The monoisotopic (exact) mass is 785 g/mol. The maximum atomic E-state index is 13.6. The molecule has 5 aromatic rings. The summed E-state index contributed by atoms with van der Waals surface area (Å²) >= 11 is 0. The molecule has 0 fully saturated rings. The fourth-order valence-electron chi connectivity index (χ4n) is 6.14. The summed E-state index contributed by atoms with van der Waals surface area (Å²) in [4.78, 5) is 58.5. The van der Waals surface area contributed by atoms with Crippen LogP contribution in [0.4, 0.5) is 40.6 Å². The van der Waals surface area contributed by atoms with Gasteiger partial charge in [0.15, 0.2) is 0 Å². The zero-order valence-electron chi connectivity index (χ0n) is 33.8. The minimum atomic E-state index is -0.405. The summed E-state index contributed by atoms with van der Waals surface area (Å²) in [6.45, 7) is 14.9. The van der Waals surface area contributed by atoms with Gasteiger partial charge in [-0.05, 0) is 119 Å². The first-order valence-electron chi connectivity index (χ1n) is 20.0. The van der Waals surface area contributed by atoms with E-state index in [1.165, 1.54) is 0 Å². The number of aromatic nitrogens is 3. The average Bonchev–Trinajstić information content (AvgIpc) is 3.24. The van der Waals surface area contributed by atoms with E-state index in [-0.39, 0.29) is 28.9 Å². The van der Waals surface area contributed by atoms with Gasteiger partial charge in [0, 0.05) is 52.5 Å². The lowest BCUT2D eigenvalue weighted by Crippen LogP contribution is -2.31. The average molecular weight is 786 g/mol. The molecular weight excluding hydrogens is 731 g/mol. The first-order chi connectivity index (χ1) is 28.3. The Morgan fingerprint density at radius 3 is 1.26 bits per heavy atom. The molecule has 58 heavy (non-hydrogen) atoms. The van der Waals surface area contributed by atoms with Gasteiger partial charge in [-0.1, -0.05) is 64.1 Å². The quantitative estimate of drug-likeness (QED) is 0.0390. The van der Waals surface area contributed by atoms with E-state index >= 15 is 0 Å². The normalized spacial score (nSPS) is 10.9. The number of amides is 3. The third kappa shape index (κ3) is 13.4. The molecule has 0 spiro atoms. The largest absolute Gasteiger partial charge is 0.352 e. The molecular formula is C44H55N11O3. The van der Waals surface area contributed by atoms with Crippen LogP contribution < -0.4 is 31.9 Å². The van der Waals surface area contributed by atoms with Gasteiger partial charge < -0.3 is 41.7 Å². The van der Waals surface area contributed by atoms with Crippen LogP contribution in [-0.2, 0) is 0 Å². The molecule has 1 heterocycles. The molecule has 0 saturated carbocycles. The fraction of sp³-hybridized carbons (Fsp3) is 0.318. The Balaban J connectivity index is 1.29. The maximum Gasteiger partial charge on any atom is 0.255 e. The second-order valence-corrected chi connectivity index (χ2v) is 13.5. The van der Waals surface area contributed by atoms with Crippen molar-refractivity contribution < 1.29 is 14.4 Å². The van der Waals surface area contributed by atoms with Crippen molar-refractivity contribution in [1.82, 2.24) is 35.4 Å². The van der Waals surface area contributed by atoms with Gasteiger partial charge in [-0.2, -0.15) is 15.0 Å². The number of rotatable bonds is 22. The highest BCUT2D eigenvalue weighted by Crippen LogP contribution is 2.22. The number of carbonyl (C=O) groups is 3. The standard InChI is InChI=1S/C44H55N11O3/c1-5-54(6-2)27-15-25-45-39(56)33-29-34(40(57)46-26-16-28-55(7-3)8-4)31-38(30-33)47-41(58)32-21-23-37(24-22-32)50-44-52-42(48-35-17-11-9-12-18-35)51-43(53-44)49-36-19-13-10-14-20-36/h9-14,17-24,29-31H,5-8,15-16,25-28H2,1-4H3,(H,45,56)(H,46,57)(H,47,58)(H3,48,49,50,51,52,53). The van der Waals surface area contributed by atoms with Gasteiger partial charge in [0.1, 0.15) is 0 Å². The van der Waals surface area contributed by atoms with Crippen LogP contribution in [0.1, 0.15) is 71.6 Å². The maximum absolute atomic E-state index is 13.6. The summed E-state index contributed by atoms with van der Waals surface area (Å²) < 4.78 is 0. The summed E-state index contributed by atoms with van der Waals surface area (Å²) in [5.74, 6) is -0.0833. The molecule has 0 bridgehead atoms. The molecule has 0 aliphatic rings. The minimum absolute atomic E-state index is 0.283. The van der Waals surface area contributed by atoms with Crippen LogP contribution >= 0.6 is 0 Å². The van der Waals surface area contributed by atoms with Gasteiger partial charge in [-0.3, -0.25) is 14.4 Å². The van der Waals surface area contributed by atoms with Crippen molar-refractivity contribution in [2.24, 2.45) is 0 Å². The highest BCUT2D eigenvalue weighted by molar-refractivity contribution is 6.07. The fourth-order valence-corrected chi connectivity index (χ4v) is 6.14. The van der Waals surface area contributed by atoms with Crippen LogP contribution in [0.25, 0.3) is 0 Å². The van der Waals surface area contributed by atoms with Crippen molar-refractivity contribution in [2.75, 3.05) is 73.6 Å². The second-order valence-electron chi connectivity index (χ2n) is 13.5. The van der Waals surface area contributed by atoms with Crippen LogP contribution in [0.5, 0.6) is 0 Å². The summed E-state index contributed by atoms with van der Waals surface area (Å²) in [6.07, 6.45) is 1.58. The number of nitrogens with zero attached hydrogens (tertiary/aromatic N) is 5. The third-order valence-corrected chi connectivity index (χ3v) is 9.48. The molecule has 1 aromatic heterocycles. The number of benzene rings is 4. The number of hydrogen-bond donors (Lipinski definition) is 6. The number of hydrogen-bond acceptors (Lipinski definition) is 11. The topological polar surface area (TPSA) is 169 Å². The van der Waals surface area contributed by atoms with Crippen LogP contribution in [0.3, 0.4) is 0 Å². The Labute approximate surface area is 341 Å². The van der Waals surface area contributed by atoms with E-state index in [1.54, 1.807) is 42.5 Å². The smallest absolute Gasteiger partial charge is 0.255 e. The van der Waals surface area contributed by atoms with Crippen molar-refractivity contribution in [2.45, 2.75) is 40.5 Å². The zero-order valence-corrected chi connectivity index (χ0v) is 33.8. The van der Waals surface area contributed by atoms with E-state index < -0.39 is 5.91 Å². The summed E-state index contributed by atoms with van der Waals surface area (Å²) in [7, 11) is 0. The molecule has 14 nitrogen and oxygen atoms in total. The summed E-state index contributed by atoms with van der Waals surface area (Å²) in [5, 5.41) is 18.5. The van der Waals surface area contributed by atoms with Gasteiger partial charge in [0.2, 0.25) is 17.8 Å². The molecule has 4 aromatic carbocycles. The Morgan fingerprint density at radius 1 is 0.466 bits per heavy atom. The molecule has 304 valence electrons. The molecule has 0 aliphatic heterocycles. The first kappa shape index (κ1) is 42.8. The van der Waals surface area contributed by atoms with E-state index in [1.807, 2.05) is 60.7 Å². The van der Waals surface area contributed by atoms with E-state index in [0.717, 1.165) is 63.5 Å². The number of para-hydroxylation sites is 2. The highest BCUT2D eigenvalue weighted by Gasteiger charge is 2.16. The van der Waals surface area contributed by atoms with Crippen LogP contribution in [0.15, 0.2) is 103 Å². The van der Waals surface area contributed by atoms with E-state index in [9.17, 15) is 14.4 Å². The molecule has 6 N–H and O–H groups in total. The van der Waals surface area contributed by atoms with Gasteiger partial charge in [-0.25, -0.2) is 0 Å². The first-order valence-corrected chi connectivity index (χ1v) is 20.0. The summed E-state index contributed by atoms with van der Waals surface area (Å²) in [6, 6.07) is 30.7. The van der Waals surface area contributed by atoms with Gasteiger partial charge in [0.05, 0.1) is 0 Å². The number of nitrogens with one attached hydrogen (secondary N) is 6. The van der Waals surface area contributed by atoms with Crippen molar-refractivity contribution >= 4 is 58.3 Å². The summed E-state index contributed by atoms with van der Waals surface area (Å²) in [5.41, 5.74) is 3.54. The molecule has 3 amide bonds. The number of carbonyl (C=O) groups excluding carboxylic acids is 3. The third-order valence-electron chi connectivity index (χ3n) is 9.48.